The molecule has 0 bridgehead atoms. The van der Waals surface area contributed by atoms with Gasteiger partial charge in [-0.05, 0) is 60.6 Å². The van der Waals surface area contributed by atoms with Gasteiger partial charge in [-0.2, -0.15) is 0 Å². The highest BCUT2D eigenvalue weighted by molar-refractivity contribution is 5.69. The largest absolute Gasteiger partial charge is 0.382 e. The molecule has 3 rings (SSSR count). The first kappa shape index (κ1) is 12.3. The van der Waals surface area contributed by atoms with Crippen molar-refractivity contribution >= 4 is 5.69 Å². The molecule has 0 aromatic heterocycles. The lowest BCUT2D eigenvalue weighted by atomic mass is 9.94. The van der Waals surface area contributed by atoms with Crippen molar-refractivity contribution in [3.05, 3.63) is 53.6 Å². The Balaban J connectivity index is 1.93. The zero-order chi connectivity index (χ0) is 13.2. The minimum Gasteiger partial charge on any atom is -0.382 e. The van der Waals surface area contributed by atoms with Crippen LogP contribution in [0.2, 0.25) is 0 Å². The van der Waals surface area contributed by atoms with E-state index in [0.29, 0.717) is 6.04 Å². The molecule has 0 saturated heterocycles. The Bertz CT molecular complexity index is 569. The van der Waals surface area contributed by atoms with Crippen molar-refractivity contribution in [1.29, 1.82) is 0 Å². The van der Waals surface area contributed by atoms with Gasteiger partial charge in [0.15, 0.2) is 0 Å². The number of fused-ring (bicyclic) bond motifs is 1. The van der Waals surface area contributed by atoms with Crippen LogP contribution >= 0.6 is 0 Å². The summed E-state index contributed by atoms with van der Waals surface area (Å²) in [4.78, 5) is 0. The Morgan fingerprint density at radius 2 is 1.79 bits per heavy atom. The first-order chi connectivity index (χ1) is 9.26. The lowest BCUT2D eigenvalue weighted by Crippen LogP contribution is -2.21. The third-order valence-electron chi connectivity index (χ3n) is 4.05. The first-order valence-corrected chi connectivity index (χ1v) is 7.25. The second-order valence-corrected chi connectivity index (χ2v) is 5.51. The van der Waals surface area contributed by atoms with E-state index in [0.717, 1.165) is 6.42 Å². The monoisotopic (exact) mass is 251 g/mol. The fraction of sp³-hybridized carbons (Fsp3) is 0.333. The predicted octanol–water partition coefficient (Wildman–Crippen LogP) is 4.66. The van der Waals surface area contributed by atoms with Crippen LogP contribution < -0.4 is 5.32 Å². The highest BCUT2D eigenvalue weighted by Crippen LogP contribution is 2.30. The maximum atomic E-state index is 3.56. The number of nitrogens with one attached hydrogen (secondary N) is 1. The van der Waals surface area contributed by atoms with E-state index in [4.69, 9.17) is 0 Å². The first-order valence-electron chi connectivity index (χ1n) is 7.25. The van der Waals surface area contributed by atoms with Crippen molar-refractivity contribution in [2.45, 2.75) is 39.2 Å². The van der Waals surface area contributed by atoms with Gasteiger partial charge in [0.25, 0.3) is 0 Å². The second kappa shape index (κ2) is 5.08. The molecular formula is C18H21N. The van der Waals surface area contributed by atoms with E-state index in [1.165, 1.54) is 40.8 Å². The minimum absolute atomic E-state index is 0.599. The van der Waals surface area contributed by atoms with Crippen LogP contribution in [0.5, 0.6) is 0 Å². The Kier molecular flexibility index (Phi) is 3.29. The quantitative estimate of drug-likeness (QED) is 0.818. The van der Waals surface area contributed by atoms with Crippen LogP contribution in [0.25, 0.3) is 11.1 Å². The molecule has 0 aliphatic carbocycles. The zero-order valence-electron chi connectivity index (χ0n) is 11.7. The highest BCUT2D eigenvalue weighted by atomic mass is 14.9. The summed E-state index contributed by atoms with van der Waals surface area (Å²) in [5.74, 6) is 0. The molecule has 2 aromatic rings. The number of aryl methyl sites for hydroxylation is 2. The molecule has 0 radical (unpaired) electrons. The fourth-order valence-corrected chi connectivity index (χ4v) is 2.76. The molecule has 1 N–H and O–H groups in total. The van der Waals surface area contributed by atoms with Crippen LogP contribution in [-0.2, 0) is 12.8 Å². The molecule has 0 amide bonds. The molecule has 1 heteroatoms. The summed E-state index contributed by atoms with van der Waals surface area (Å²) in [6, 6.07) is 16.3. The molecule has 1 unspecified atom stereocenters. The van der Waals surface area contributed by atoms with Gasteiger partial charge in [0.2, 0.25) is 0 Å². The molecule has 0 spiro atoms. The van der Waals surface area contributed by atoms with Crippen LogP contribution in [0.15, 0.2) is 42.5 Å². The summed E-state index contributed by atoms with van der Waals surface area (Å²) >= 11 is 0. The lowest BCUT2D eigenvalue weighted by molar-refractivity contribution is 0.681. The van der Waals surface area contributed by atoms with E-state index >= 15 is 0 Å². The molecule has 0 fully saturated rings. The normalized spacial score (nSPS) is 17.7. The lowest BCUT2D eigenvalue weighted by Gasteiger charge is -2.24. The van der Waals surface area contributed by atoms with Crippen LogP contribution in [0.4, 0.5) is 5.69 Å². The van der Waals surface area contributed by atoms with E-state index in [2.05, 4.69) is 61.6 Å². The Morgan fingerprint density at radius 1 is 1.05 bits per heavy atom. The van der Waals surface area contributed by atoms with Gasteiger partial charge in [0, 0.05) is 11.7 Å². The van der Waals surface area contributed by atoms with Crippen molar-refractivity contribution in [2.24, 2.45) is 0 Å². The van der Waals surface area contributed by atoms with Crippen molar-refractivity contribution < 1.29 is 0 Å². The van der Waals surface area contributed by atoms with E-state index in [1.807, 2.05) is 0 Å². The highest BCUT2D eigenvalue weighted by Gasteiger charge is 2.14. The van der Waals surface area contributed by atoms with E-state index in [9.17, 15) is 0 Å². The average Bonchev–Trinajstić information content (AvgIpc) is 2.47. The summed E-state index contributed by atoms with van der Waals surface area (Å²) in [6.07, 6.45) is 3.52. The molecule has 1 aliphatic rings. The van der Waals surface area contributed by atoms with E-state index in [1.54, 1.807) is 0 Å². The molecule has 1 heterocycles. The molecule has 19 heavy (non-hydrogen) atoms. The van der Waals surface area contributed by atoms with Crippen LogP contribution in [0.1, 0.15) is 31.4 Å². The second-order valence-electron chi connectivity index (χ2n) is 5.51. The van der Waals surface area contributed by atoms with Gasteiger partial charge >= 0.3 is 0 Å². The number of hydrogen-bond acceptors (Lipinski definition) is 1. The minimum atomic E-state index is 0.599. The van der Waals surface area contributed by atoms with Crippen LogP contribution in [-0.4, -0.2) is 6.04 Å². The SMILES string of the molecule is CCc1ccc(-c2ccc3c(c2)CCC(C)N3)cc1. The molecule has 1 nitrogen and oxygen atoms in total. The van der Waals surface area contributed by atoms with Crippen LogP contribution in [0.3, 0.4) is 0 Å². The van der Waals surface area contributed by atoms with Crippen LogP contribution in [0, 0.1) is 0 Å². The zero-order valence-corrected chi connectivity index (χ0v) is 11.7. The van der Waals surface area contributed by atoms with Gasteiger partial charge in [-0.25, -0.2) is 0 Å². The van der Waals surface area contributed by atoms with Crippen molar-refractivity contribution in [1.82, 2.24) is 0 Å². The van der Waals surface area contributed by atoms with Gasteiger partial charge < -0.3 is 5.32 Å². The third-order valence-corrected chi connectivity index (χ3v) is 4.05. The number of rotatable bonds is 2. The standard InChI is InChI=1S/C18H21N/c1-3-14-5-8-15(9-6-14)16-10-11-18-17(12-16)7-4-13(2)19-18/h5-6,8-13,19H,3-4,7H2,1-2H3. The summed E-state index contributed by atoms with van der Waals surface area (Å²) in [6.45, 7) is 4.45. The van der Waals surface area contributed by atoms with Gasteiger partial charge in [-0.15, -0.1) is 0 Å². The molecule has 98 valence electrons. The Morgan fingerprint density at radius 3 is 2.53 bits per heavy atom. The summed E-state index contributed by atoms with van der Waals surface area (Å²) in [5, 5.41) is 3.56. The molecule has 1 aliphatic heterocycles. The molecule has 2 aromatic carbocycles. The van der Waals surface area contributed by atoms with Gasteiger partial charge in [0.1, 0.15) is 0 Å². The molecule has 1 atom stereocenters. The molecule has 0 saturated carbocycles. The van der Waals surface area contributed by atoms with Gasteiger partial charge in [-0.1, -0.05) is 37.3 Å². The smallest absolute Gasteiger partial charge is 0.0375 e. The number of benzene rings is 2. The fourth-order valence-electron chi connectivity index (χ4n) is 2.76. The summed E-state index contributed by atoms with van der Waals surface area (Å²) in [5.41, 5.74) is 6.82. The average molecular weight is 251 g/mol. The third kappa shape index (κ3) is 2.51. The molecular weight excluding hydrogens is 230 g/mol. The Labute approximate surface area is 115 Å². The maximum Gasteiger partial charge on any atom is 0.0375 e. The van der Waals surface area contributed by atoms with Gasteiger partial charge in [-0.3, -0.25) is 0 Å². The maximum absolute atomic E-state index is 3.56. The van der Waals surface area contributed by atoms with Gasteiger partial charge in [0.05, 0.1) is 0 Å². The topological polar surface area (TPSA) is 12.0 Å². The van der Waals surface area contributed by atoms with Crippen molar-refractivity contribution in [3.8, 4) is 11.1 Å². The number of anilines is 1. The predicted molar refractivity (Wildman–Crippen MR) is 82.7 cm³/mol. The Hall–Kier alpha value is -1.76. The van der Waals surface area contributed by atoms with Crippen molar-refractivity contribution in [3.63, 3.8) is 0 Å². The summed E-state index contributed by atoms with van der Waals surface area (Å²) < 4.78 is 0. The number of hydrogen-bond donors (Lipinski definition) is 1. The summed E-state index contributed by atoms with van der Waals surface area (Å²) in [7, 11) is 0. The van der Waals surface area contributed by atoms with E-state index < -0.39 is 0 Å². The van der Waals surface area contributed by atoms with E-state index in [-0.39, 0.29) is 0 Å². The van der Waals surface area contributed by atoms with Crippen molar-refractivity contribution in [2.75, 3.05) is 5.32 Å².